The summed E-state index contributed by atoms with van der Waals surface area (Å²) >= 11 is 1.46. The van der Waals surface area contributed by atoms with Gasteiger partial charge in [0.25, 0.3) is 0 Å². The van der Waals surface area contributed by atoms with Crippen molar-refractivity contribution < 1.29 is 9.59 Å². The van der Waals surface area contributed by atoms with Gasteiger partial charge in [-0.25, -0.2) is 9.97 Å². The van der Waals surface area contributed by atoms with Gasteiger partial charge in [-0.1, -0.05) is 0 Å². The lowest BCUT2D eigenvalue weighted by Crippen LogP contribution is -2.54. The number of nitrogens with zero attached hydrogens (tertiary/aromatic N) is 5. The second-order valence-electron chi connectivity index (χ2n) is 6.56. The van der Waals surface area contributed by atoms with Crippen LogP contribution in [0, 0.1) is 18.3 Å². The van der Waals surface area contributed by atoms with Crippen molar-refractivity contribution in [3.05, 3.63) is 40.0 Å². The average Bonchev–Trinajstić information content (AvgIpc) is 3.12. The molecule has 2 aromatic heterocycles. The average molecular weight is 383 g/mol. The summed E-state index contributed by atoms with van der Waals surface area (Å²) in [6.07, 6.45) is 3.51. The highest BCUT2D eigenvalue weighted by Crippen LogP contribution is 2.21. The van der Waals surface area contributed by atoms with Gasteiger partial charge >= 0.3 is 0 Å². The third kappa shape index (κ3) is 4.31. The minimum absolute atomic E-state index is 0.0107. The van der Waals surface area contributed by atoms with Crippen molar-refractivity contribution >= 4 is 28.8 Å². The van der Waals surface area contributed by atoms with Gasteiger partial charge in [0.15, 0.2) is 17.3 Å². The molecule has 7 nitrogen and oxygen atoms in total. The lowest BCUT2D eigenvalue weighted by molar-refractivity contribution is -0.133. The van der Waals surface area contributed by atoms with Crippen molar-refractivity contribution in [3.63, 3.8) is 0 Å². The molecular weight excluding hydrogens is 362 g/mol. The number of carbonyl (C=O) groups excluding carboxylic acids is 2. The van der Waals surface area contributed by atoms with E-state index in [0.29, 0.717) is 36.0 Å². The van der Waals surface area contributed by atoms with Crippen LogP contribution in [-0.2, 0) is 4.79 Å². The number of piperazine rings is 1. The molecular formula is C19H21N5O2S. The molecule has 0 bridgehead atoms. The Kier molecular flexibility index (Phi) is 5.81. The molecule has 1 saturated heterocycles. The minimum atomic E-state index is -0.0288. The second-order valence-corrected chi connectivity index (χ2v) is 7.84. The molecule has 0 aromatic carbocycles. The number of rotatable bonds is 5. The first-order valence-electron chi connectivity index (χ1n) is 8.84. The van der Waals surface area contributed by atoms with Crippen LogP contribution in [0.5, 0.6) is 0 Å². The molecule has 1 amide bonds. The molecule has 27 heavy (non-hydrogen) atoms. The van der Waals surface area contributed by atoms with Crippen LogP contribution in [0.15, 0.2) is 24.5 Å². The Morgan fingerprint density at radius 2 is 2.04 bits per heavy atom. The van der Waals surface area contributed by atoms with Gasteiger partial charge in [-0.3, -0.25) is 9.59 Å². The van der Waals surface area contributed by atoms with Gasteiger partial charge in [0.1, 0.15) is 6.07 Å². The number of hydrogen-bond acceptors (Lipinski definition) is 7. The first-order valence-corrected chi connectivity index (χ1v) is 9.66. The van der Waals surface area contributed by atoms with Crippen molar-refractivity contribution in [3.8, 4) is 6.07 Å². The molecule has 8 heteroatoms. The molecule has 140 valence electrons. The number of nitriles is 1. The Labute approximate surface area is 162 Å². The molecule has 1 aliphatic heterocycles. The fourth-order valence-corrected chi connectivity index (χ4v) is 4.07. The second kappa shape index (κ2) is 8.27. The van der Waals surface area contributed by atoms with Crippen molar-refractivity contribution in [2.45, 2.75) is 32.7 Å². The maximum absolute atomic E-state index is 12.6. The summed E-state index contributed by atoms with van der Waals surface area (Å²) in [7, 11) is 0. The maximum Gasteiger partial charge on any atom is 0.223 e. The third-order valence-electron chi connectivity index (χ3n) is 4.61. The Morgan fingerprint density at radius 1 is 1.26 bits per heavy atom. The number of ketones is 1. The Morgan fingerprint density at radius 3 is 2.70 bits per heavy atom. The van der Waals surface area contributed by atoms with E-state index in [4.69, 9.17) is 0 Å². The zero-order chi connectivity index (χ0) is 19.4. The summed E-state index contributed by atoms with van der Waals surface area (Å²) in [5.41, 5.74) is 0.293. The minimum Gasteiger partial charge on any atom is -0.350 e. The lowest BCUT2D eigenvalue weighted by atomic mass is 10.1. The van der Waals surface area contributed by atoms with Gasteiger partial charge in [-0.2, -0.15) is 5.26 Å². The van der Waals surface area contributed by atoms with Crippen LogP contribution in [0.1, 0.15) is 40.0 Å². The van der Waals surface area contributed by atoms with Crippen molar-refractivity contribution in [2.75, 3.05) is 24.5 Å². The van der Waals surface area contributed by atoms with Crippen LogP contribution < -0.4 is 4.90 Å². The molecule has 1 atom stereocenters. The van der Waals surface area contributed by atoms with Crippen LogP contribution in [0.3, 0.4) is 0 Å². The number of Topliss-reactive ketones (excluding diaryl/α,β-unsaturated/α-hetero) is 1. The fourth-order valence-electron chi connectivity index (χ4n) is 3.23. The van der Waals surface area contributed by atoms with Crippen LogP contribution >= 0.6 is 11.3 Å². The summed E-state index contributed by atoms with van der Waals surface area (Å²) in [4.78, 5) is 38.7. The van der Waals surface area contributed by atoms with Gasteiger partial charge in [0.2, 0.25) is 5.91 Å². The van der Waals surface area contributed by atoms with Gasteiger partial charge in [-0.15, -0.1) is 11.3 Å². The van der Waals surface area contributed by atoms with E-state index >= 15 is 0 Å². The fraction of sp³-hybridized carbons (Fsp3) is 0.421. The number of anilines is 1. The molecule has 0 N–H and O–H groups in total. The number of carbonyl (C=O) groups is 2. The number of thiophene rings is 1. The smallest absolute Gasteiger partial charge is 0.223 e. The largest absolute Gasteiger partial charge is 0.350 e. The first-order chi connectivity index (χ1) is 13.0. The predicted octanol–water partition coefficient (Wildman–Crippen LogP) is 2.42. The summed E-state index contributed by atoms with van der Waals surface area (Å²) in [6.45, 7) is 5.63. The lowest BCUT2D eigenvalue weighted by Gasteiger charge is -2.40. The van der Waals surface area contributed by atoms with Crippen LogP contribution in [0.25, 0.3) is 0 Å². The molecule has 0 unspecified atom stereocenters. The van der Waals surface area contributed by atoms with Gasteiger partial charge < -0.3 is 9.80 Å². The highest BCUT2D eigenvalue weighted by Gasteiger charge is 2.29. The molecule has 1 fully saturated rings. The Hall–Kier alpha value is -2.79. The summed E-state index contributed by atoms with van der Waals surface area (Å²) in [5.74, 6) is 0.566. The van der Waals surface area contributed by atoms with E-state index in [2.05, 4.69) is 16.0 Å². The normalized spacial score (nSPS) is 16.9. The number of aromatic nitrogens is 2. The van der Waals surface area contributed by atoms with Gasteiger partial charge in [-0.05, 0) is 26.0 Å². The van der Waals surface area contributed by atoms with E-state index < -0.39 is 0 Å². The van der Waals surface area contributed by atoms with E-state index in [-0.39, 0.29) is 30.6 Å². The number of aryl methyl sites for hydroxylation is 1. The standard InChI is InChI=1S/C19H21N5O2S/c1-13-12-23(19-15(11-20)21-7-8-22-19)9-10-24(13)18(26)6-4-16(25)17-5-3-14(2)27-17/h3,5,7-8,13H,4,6,9-10,12H2,1-2H3/t13-/m0/s1. The third-order valence-corrected chi connectivity index (χ3v) is 5.66. The predicted molar refractivity (Wildman–Crippen MR) is 103 cm³/mol. The van der Waals surface area contributed by atoms with E-state index in [0.717, 1.165) is 4.88 Å². The van der Waals surface area contributed by atoms with Crippen molar-refractivity contribution in [1.82, 2.24) is 14.9 Å². The highest BCUT2D eigenvalue weighted by atomic mass is 32.1. The van der Waals surface area contributed by atoms with E-state index in [1.807, 2.05) is 35.8 Å². The molecule has 3 heterocycles. The molecule has 0 radical (unpaired) electrons. The SMILES string of the molecule is Cc1ccc(C(=O)CCC(=O)N2CCN(c3nccnc3C#N)C[C@@H]2C)s1. The molecule has 0 saturated carbocycles. The Balaban J connectivity index is 1.57. The zero-order valence-electron chi connectivity index (χ0n) is 15.4. The van der Waals surface area contributed by atoms with E-state index in [1.165, 1.54) is 17.5 Å². The molecule has 1 aliphatic rings. The molecule has 2 aromatic rings. The van der Waals surface area contributed by atoms with Crippen molar-refractivity contribution in [2.24, 2.45) is 0 Å². The monoisotopic (exact) mass is 383 g/mol. The van der Waals surface area contributed by atoms with Crippen LogP contribution in [0.2, 0.25) is 0 Å². The van der Waals surface area contributed by atoms with E-state index in [1.54, 1.807) is 6.20 Å². The van der Waals surface area contributed by atoms with Gasteiger partial charge in [0, 0.05) is 55.8 Å². The maximum atomic E-state index is 12.6. The molecule has 3 rings (SSSR count). The van der Waals surface area contributed by atoms with Crippen LogP contribution in [0.4, 0.5) is 5.82 Å². The number of amides is 1. The van der Waals surface area contributed by atoms with E-state index in [9.17, 15) is 14.9 Å². The zero-order valence-corrected chi connectivity index (χ0v) is 16.2. The topological polar surface area (TPSA) is 90.2 Å². The molecule has 0 spiro atoms. The highest BCUT2D eigenvalue weighted by molar-refractivity contribution is 7.14. The van der Waals surface area contributed by atoms with Gasteiger partial charge in [0.05, 0.1) is 4.88 Å². The van der Waals surface area contributed by atoms with Crippen molar-refractivity contribution in [1.29, 1.82) is 5.26 Å². The Bertz CT molecular complexity index is 888. The molecule has 0 aliphatic carbocycles. The summed E-state index contributed by atoms with van der Waals surface area (Å²) in [6, 6.07) is 5.77. The van der Waals surface area contributed by atoms with Crippen LogP contribution in [-0.4, -0.2) is 52.2 Å². The quantitative estimate of drug-likeness (QED) is 0.737. The summed E-state index contributed by atoms with van der Waals surface area (Å²) < 4.78 is 0. The summed E-state index contributed by atoms with van der Waals surface area (Å²) in [5, 5.41) is 9.20. The number of hydrogen-bond donors (Lipinski definition) is 0. The first kappa shape index (κ1) is 19.0.